The van der Waals surface area contributed by atoms with Gasteiger partial charge >= 0.3 is 5.97 Å². The third-order valence-electron chi connectivity index (χ3n) is 8.61. The van der Waals surface area contributed by atoms with Crippen LogP contribution >= 0.6 is 23.2 Å². The van der Waals surface area contributed by atoms with Crippen molar-refractivity contribution in [2.45, 2.75) is 68.9 Å². The lowest BCUT2D eigenvalue weighted by molar-refractivity contribution is -0.139. The Kier molecular flexibility index (Phi) is 5.47. The summed E-state index contributed by atoms with van der Waals surface area (Å²) in [6.07, 6.45) is 3.72. The Balaban J connectivity index is 1.81. The van der Waals surface area contributed by atoms with Gasteiger partial charge in [0.15, 0.2) is 0 Å². The molecule has 2 fully saturated rings. The number of nitrogens with zero attached hydrogens (tertiary/aromatic N) is 1. The van der Waals surface area contributed by atoms with E-state index >= 15 is 4.39 Å². The highest BCUT2D eigenvalue weighted by atomic mass is 35.5. The lowest BCUT2D eigenvalue weighted by atomic mass is 9.53. The molecule has 2 spiro atoms. The Bertz CT molecular complexity index is 1200. The van der Waals surface area contributed by atoms with Gasteiger partial charge in [-0.1, -0.05) is 61.7 Å². The van der Waals surface area contributed by atoms with E-state index < -0.39 is 40.6 Å². The van der Waals surface area contributed by atoms with Gasteiger partial charge in [-0.25, -0.2) is 9.37 Å². The van der Waals surface area contributed by atoms with E-state index in [2.05, 4.69) is 29.5 Å². The Hall–Kier alpha value is -2.22. The fraction of sp³-hybridized carbons (Fsp3) is 0.480. The molecule has 5 rings (SSSR count). The molecular formula is C25H26Cl2FN3O3. The zero-order chi connectivity index (χ0) is 24.5. The van der Waals surface area contributed by atoms with Gasteiger partial charge in [-0.05, 0) is 48.8 Å². The molecule has 1 aliphatic carbocycles. The van der Waals surface area contributed by atoms with Gasteiger partial charge in [0.1, 0.15) is 28.2 Å². The second kappa shape index (κ2) is 7.90. The molecule has 9 heteroatoms. The molecule has 1 saturated heterocycles. The maximum Gasteiger partial charge on any atom is 0.321 e. The Morgan fingerprint density at radius 3 is 2.56 bits per heavy atom. The van der Waals surface area contributed by atoms with E-state index in [0.717, 1.165) is 19.3 Å². The molecule has 34 heavy (non-hydrogen) atoms. The smallest absolute Gasteiger partial charge is 0.321 e. The summed E-state index contributed by atoms with van der Waals surface area (Å²) < 4.78 is 15.5. The van der Waals surface area contributed by atoms with Crippen LogP contribution in [0.25, 0.3) is 0 Å². The summed E-state index contributed by atoms with van der Waals surface area (Å²) in [5.74, 6) is -3.00. The highest BCUT2D eigenvalue weighted by Crippen LogP contribution is 2.64. The normalized spacial score (nSPS) is 34.4. The SMILES string of the molecule is CCC1(C)CCC2(CC1)N[C@@H](C(=O)O)[C@H](c1cccc(Cl)c1F)C21C(=O)Nc2nc(Cl)ccc21. The summed E-state index contributed by atoms with van der Waals surface area (Å²) in [7, 11) is 0. The lowest BCUT2D eigenvalue weighted by Gasteiger charge is -2.50. The maximum atomic E-state index is 15.5. The van der Waals surface area contributed by atoms with E-state index in [9.17, 15) is 14.7 Å². The summed E-state index contributed by atoms with van der Waals surface area (Å²) in [4.78, 5) is 31.0. The average Bonchev–Trinajstić information content (AvgIpc) is 3.26. The van der Waals surface area contributed by atoms with E-state index in [1.807, 2.05) is 0 Å². The number of amides is 1. The van der Waals surface area contributed by atoms with Gasteiger partial charge in [-0.3, -0.25) is 14.9 Å². The second-order valence-corrected chi connectivity index (χ2v) is 10.9. The number of rotatable bonds is 3. The number of hydrogen-bond acceptors (Lipinski definition) is 4. The van der Waals surface area contributed by atoms with Gasteiger partial charge in [0.05, 0.1) is 5.02 Å². The van der Waals surface area contributed by atoms with Gasteiger partial charge in [0, 0.05) is 17.0 Å². The molecule has 3 heterocycles. The van der Waals surface area contributed by atoms with Crippen molar-refractivity contribution in [2.24, 2.45) is 5.41 Å². The van der Waals surface area contributed by atoms with Crippen LogP contribution < -0.4 is 10.6 Å². The minimum absolute atomic E-state index is 0.0857. The largest absolute Gasteiger partial charge is 0.480 e. The van der Waals surface area contributed by atoms with Gasteiger partial charge in [-0.15, -0.1) is 0 Å². The zero-order valence-corrected chi connectivity index (χ0v) is 20.4. The van der Waals surface area contributed by atoms with Crippen LogP contribution in [-0.4, -0.2) is 33.5 Å². The highest BCUT2D eigenvalue weighted by molar-refractivity contribution is 6.31. The topological polar surface area (TPSA) is 91.3 Å². The molecule has 1 aromatic carbocycles. The number of fused-ring (bicyclic) bond motifs is 3. The van der Waals surface area contributed by atoms with Crippen LogP contribution in [0, 0.1) is 11.2 Å². The van der Waals surface area contributed by atoms with Crippen LogP contribution in [0.5, 0.6) is 0 Å². The van der Waals surface area contributed by atoms with Crippen molar-refractivity contribution in [3.63, 3.8) is 0 Å². The number of carbonyl (C=O) groups is 2. The van der Waals surface area contributed by atoms with Crippen molar-refractivity contribution in [1.29, 1.82) is 0 Å². The molecule has 1 saturated carbocycles. The lowest BCUT2D eigenvalue weighted by Crippen LogP contribution is -2.61. The molecule has 0 bridgehead atoms. The summed E-state index contributed by atoms with van der Waals surface area (Å²) >= 11 is 12.3. The Labute approximate surface area is 207 Å². The highest BCUT2D eigenvalue weighted by Gasteiger charge is 2.73. The Morgan fingerprint density at radius 2 is 1.91 bits per heavy atom. The van der Waals surface area contributed by atoms with Crippen LogP contribution in [0.4, 0.5) is 10.2 Å². The minimum atomic E-state index is -1.40. The first-order valence-corrected chi connectivity index (χ1v) is 12.3. The van der Waals surface area contributed by atoms with Gasteiger partial charge in [0.25, 0.3) is 0 Å². The summed E-state index contributed by atoms with van der Waals surface area (Å²) in [5.41, 5.74) is -1.57. The second-order valence-electron chi connectivity index (χ2n) is 10.1. The number of pyridine rings is 1. The summed E-state index contributed by atoms with van der Waals surface area (Å²) in [5, 5.41) is 16.6. The van der Waals surface area contributed by atoms with Gasteiger partial charge < -0.3 is 10.4 Å². The van der Waals surface area contributed by atoms with Crippen LogP contribution in [0.3, 0.4) is 0 Å². The maximum absolute atomic E-state index is 15.5. The van der Waals surface area contributed by atoms with Crippen molar-refractivity contribution in [3.05, 3.63) is 57.5 Å². The third-order valence-corrected chi connectivity index (χ3v) is 9.11. The molecule has 1 amide bonds. The molecule has 3 aliphatic rings. The molecule has 180 valence electrons. The van der Waals surface area contributed by atoms with Crippen LogP contribution in [-0.2, 0) is 15.0 Å². The number of anilines is 1. The van der Waals surface area contributed by atoms with E-state index in [0.29, 0.717) is 24.2 Å². The fourth-order valence-corrected chi connectivity index (χ4v) is 6.88. The van der Waals surface area contributed by atoms with E-state index in [4.69, 9.17) is 23.2 Å². The number of nitrogens with one attached hydrogen (secondary N) is 2. The first-order valence-electron chi connectivity index (χ1n) is 11.5. The van der Waals surface area contributed by atoms with Crippen molar-refractivity contribution in [3.8, 4) is 0 Å². The van der Waals surface area contributed by atoms with Gasteiger partial charge in [0.2, 0.25) is 5.91 Å². The molecule has 3 N–H and O–H groups in total. The monoisotopic (exact) mass is 505 g/mol. The number of carboxylic acids is 1. The summed E-state index contributed by atoms with van der Waals surface area (Å²) in [6, 6.07) is 6.64. The quantitative estimate of drug-likeness (QED) is 0.493. The van der Waals surface area contributed by atoms with Crippen molar-refractivity contribution in [1.82, 2.24) is 10.3 Å². The van der Waals surface area contributed by atoms with E-state index in [1.54, 1.807) is 18.2 Å². The predicted molar refractivity (Wildman–Crippen MR) is 128 cm³/mol. The molecule has 2 aromatic rings. The number of halogens is 3. The molecular weight excluding hydrogens is 480 g/mol. The van der Waals surface area contributed by atoms with Gasteiger partial charge in [-0.2, -0.15) is 0 Å². The molecule has 6 nitrogen and oxygen atoms in total. The molecule has 3 atom stereocenters. The molecule has 1 unspecified atom stereocenters. The number of carboxylic acid groups (broad SMARTS) is 1. The first kappa shape index (κ1) is 23.5. The van der Waals surface area contributed by atoms with Crippen LogP contribution in [0.1, 0.15) is 63.0 Å². The number of hydrogen-bond donors (Lipinski definition) is 3. The Morgan fingerprint density at radius 1 is 1.21 bits per heavy atom. The number of carbonyl (C=O) groups excluding carboxylic acids is 1. The first-order chi connectivity index (χ1) is 16.1. The number of benzene rings is 1. The molecule has 1 aromatic heterocycles. The van der Waals surface area contributed by atoms with Crippen LogP contribution in [0.15, 0.2) is 30.3 Å². The van der Waals surface area contributed by atoms with Crippen LogP contribution in [0.2, 0.25) is 10.2 Å². The standard InChI is InChI=1S/C25H26Cl2FN3O3/c1-3-23(2)9-11-24(12-10-23)25(14-7-8-16(27)29-20(14)30-22(25)34)17(19(31-24)21(32)33)13-5-4-6-15(26)18(13)28/h4-8,17,19,31H,3,9-12H2,1-2H3,(H,32,33)(H,29,30,34)/t17-,19+,23?,24?,25?/m0/s1. The minimum Gasteiger partial charge on any atom is -0.480 e. The fourth-order valence-electron chi connectivity index (χ4n) is 6.55. The number of aliphatic carboxylic acids is 1. The predicted octanol–water partition coefficient (Wildman–Crippen LogP) is 5.29. The third kappa shape index (κ3) is 3.06. The number of aromatic nitrogens is 1. The summed E-state index contributed by atoms with van der Waals surface area (Å²) in [6.45, 7) is 4.36. The van der Waals surface area contributed by atoms with E-state index in [-0.39, 0.29) is 21.2 Å². The van der Waals surface area contributed by atoms with Crippen molar-refractivity contribution < 1.29 is 19.1 Å². The zero-order valence-electron chi connectivity index (χ0n) is 18.9. The molecule has 2 aliphatic heterocycles. The van der Waals surface area contributed by atoms with E-state index in [1.165, 1.54) is 12.1 Å². The van der Waals surface area contributed by atoms with Crippen molar-refractivity contribution >= 4 is 40.9 Å². The average molecular weight is 506 g/mol. The molecule has 0 radical (unpaired) electrons. The van der Waals surface area contributed by atoms with Crippen molar-refractivity contribution in [2.75, 3.05) is 5.32 Å².